The Morgan fingerprint density at radius 3 is 2.37 bits per heavy atom. The lowest BCUT2D eigenvalue weighted by molar-refractivity contribution is -0.167. The molecule has 0 spiro atoms. The van der Waals surface area contributed by atoms with Crippen LogP contribution in [0.3, 0.4) is 0 Å². The van der Waals surface area contributed by atoms with Gasteiger partial charge in [-0.1, -0.05) is 18.2 Å². The van der Waals surface area contributed by atoms with E-state index in [1.807, 2.05) is 0 Å². The van der Waals surface area contributed by atoms with Crippen LogP contribution in [0.2, 0.25) is 0 Å². The highest BCUT2D eigenvalue weighted by Crippen LogP contribution is 2.36. The number of hydrogen-bond donors (Lipinski definition) is 0. The molecule has 1 fully saturated rings. The van der Waals surface area contributed by atoms with Crippen molar-refractivity contribution in [1.29, 1.82) is 0 Å². The number of rotatable bonds is 7. The van der Waals surface area contributed by atoms with Crippen LogP contribution in [-0.4, -0.2) is 54.0 Å². The van der Waals surface area contributed by atoms with Crippen molar-refractivity contribution in [2.24, 2.45) is 5.92 Å². The minimum atomic E-state index is -4.58. The van der Waals surface area contributed by atoms with Crippen molar-refractivity contribution in [2.45, 2.75) is 38.9 Å². The SMILES string of the molecule is Cc1ccccc1N1C(=O)c2ccc(C(=O)OCC(=O)N(CC(F)(F)F)C(C)C3CC3)cc2C1=O. The average Bonchev–Trinajstić information content (AvgIpc) is 3.62. The van der Waals surface area contributed by atoms with Crippen molar-refractivity contribution in [1.82, 2.24) is 4.90 Å². The summed E-state index contributed by atoms with van der Waals surface area (Å²) < 4.78 is 43.9. The van der Waals surface area contributed by atoms with Crippen LogP contribution in [0.1, 0.15) is 56.4 Å². The Hall–Kier alpha value is -3.69. The molecule has 3 amide bonds. The van der Waals surface area contributed by atoms with Crippen LogP contribution in [0.15, 0.2) is 42.5 Å². The van der Waals surface area contributed by atoms with E-state index in [-0.39, 0.29) is 22.6 Å². The lowest BCUT2D eigenvalue weighted by Gasteiger charge is -2.30. The highest BCUT2D eigenvalue weighted by Gasteiger charge is 2.41. The predicted octanol–water partition coefficient (Wildman–Crippen LogP) is 4.14. The van der Waals surface area contributed by atoms with Gasteiger partial charge in [-0.3, -0.25) is 14.4 Å². The normalized spacial score (nSPS) is 16.2. The smallest absolute Gasteiger partial charge is 0.406 e. The summed E-state index contributed by atoms with van der Waals surface area (Å²) in [6, 6.07) is 10.0. The maximum atomic E-state index is 13.0. The second-order valence-corrected chi connectivity index (χ2v) is 8.78. The highest BCUT2D eigenvalue weighted by molar-refractivity contribution is 6.34. The maximum Gasteiger partial charge on any atom is 0.406 e. The number of carbonyl (C=O) groups excluding carboxylic acids is 4. The number of carbonyl (C=O) groups is 4. The van der Waals surface area contributed by atoms with Crippen molar-refractivity contribution in [3.05, 3.63) is 64.7 Å². The summed E-state index contributed by atoms with van der Waals surface area (Å²) >= 11 is 0. The van der Waals surface area contributed by atoms with Gasteiger partial charge < -0.3 is 9.64 Å². The molecule has 4 rings (SSSR count). The molecule has 2 aromatic carbocycles. The van der Waals surface area contributed by atoms with E-state index in [1.54, 1.807) is 38.1 Å². The van der Waals surface area contributed by atoms with Gasteiger partial charge in [0.1, 0.15) is 6.54 Å². The molecule has 1 aliphatic carbocycles. The number of hydrogen-bond acceptors (Lipinski definition) is 5. The average molecular weight is 488 g/mol. The minimum Gasteiger partial charge on any atom is -0.452 e. The molecule has 184 valence electrons. The number of imide groups is 1. The maximum absolute atomic E-state index is 13.0. The van der Waals surface area contributed by atoms with Crippen molar-refractivity contribution in [3.8, 4) is 0 Å². The number of aryl methyl sites for hydroxylation is 1. The molecule has 35 heavy (non-hydrogen) atoms. The molecule has 0 aromatic heterocycles. The molecule has 10 heteroatoms. The molecule has 1 aliphatic heterocycles. The van der Waals surface area contributed by atoms with Crippen LogP contribution in [-0.2, 0) is 9.53 Å². The molecule has 2 aromatic rings. The predicted molar refractivity (Wildman–Crippen MR) is 119 cm³/mol. The van der Waals surface area contributed by atoms with Gasteiger partial charge in [-0.15, -0.1) is 0 Å². The third-order valence-corrected chi connectivity index (χ3v) is 6.27. The monoisotopic (exact) mass is 488 g/mol. The number of fused-ring (bicyclic) bond motifs is 1. The van der Waals surface area contributed by atoms with Gasteiger partial charge in [0.25, 0.3) is 17.7 Å². The van der Waals surface area contributed by atoms with Gasteiger partial charge in [0.2, 0.25) is 0 Å². The first-order valence-corrected chi connectivity index (χ1v) is 11.1. The number of anilines is 1. The first-order chi connectivity index (χ1) is 16.5. The van der Waals surface area contributed by atoms with Gasteiger partial charge in [0, 0.05) is 6.04 Å². The standard InChI is InChI=1S/C25H23F3N2O5/c1-14-5-3-4-6-20(14)30-22(32)18-10-9-17(11-19(18)23(30)33)24(34)35-12-21(31)29(13-25(26,27)28)15(2)16-7-8-16/h3-6,9-11,15-16H,7-8,12-13H2,1-2H3. The summed E-state index contributed by atoms with van der Waals surface area (Å²) in [7, 11) is 0. The zero-order valence-corrected chi connectivity index (χ0v) is 19.1. The zero-order chi connectivity index (χ0) is 25.5. The fraction of sp³-hybridized carbons (Fsp3) is 0.360. The summed E-state index contributed by atoms with van der Waals surface area (Å²) in [4.78, 5) is 52.5. The second-order valence-electron chi connectivity index (χ2n) is 8.78. The zero-order valence-electron chi connectivity index (χ0n) is 19.1. The Morgan fingerprint density at radius 1 is 1.09 bits per heavy atom. The van der Waals surface area contributed by atoms with E-state index in [1.165, 1.54) is 18.2 Å². The van der Waals surface area contributed by atoms with E-state index >= 15 is 0 Å². The molecule has 1 saturated carbocycles. The van der Waals surface area contributed by atoms with Crippen LogP contribution in [0.4, 0.5) is 18.9 Å². The fourth-order valence-corrected chi connectivity index (χ4v) is 4.18. The molecule has 7 nitrogen and oxygen atoms in total. The van der Waals surface area contributed by atoms with Crippen molar-refractivity contribution >= 4 is 29.4 Å². The fourth-order valence-electron chi connectivity index (χ4n) is 4.18. The van der Waals surface area contributed by atoms with Crippen molar-refractivity contribution in [2.75, 3.05) is 18.1 Å². The molecule has 2 aliphatic rings. The van der Waals surface area contributed by atoms with Gasteiger partial charge in [0.05, 0.1) is 22.4 Å². The third kappa shape index (κ3) is 5.06. The van der Waals surface area contributed by atoms with Crippen LogP contribution >= 0.6 is 0 Å². The number of ether oxygens (including phenoxy) is 1. The Kier molecular flexibility index (Phi) is 6.40. The largest absolute Gasteiger partial charge is 0.452 e. The third-order valence-electron chi connectivity index (χ3n) is 6.27. The van der Waals surface area contributed by atoms with Crippen LogP contribution in [0, 0.1) is 12.8 Å². The summed E-state index contributed by atoms with van der Waals surface area (Å²) in [6.45, 7) is 1.01. The lowest BCUT2D eigenvalue weighted by Crippen LogP contribution is -2.47. The van der Waals surface area contributed by atoms with Gasteiger partial charge in [0.15, 0.2) is 6.61 Å². The first kappa shape index (κ1) is 24.4. The van der Waals surface area contributed by atoms with E-state index in [0.717, 1.165) is 17.7 Å². The van der Waals surface area contributed by atoms with Gasteiger partial charge in [-0.25, -0.2) is 9.69 Å². The van der Waals surface area contributed by atoms with E-state index in [4.69, 9.17) is 4.74 Å². The Balaban J connectivity index is 1.47. The van der Waals surface area contributed by atoms with Gasteiger partial charge in [-0.05, 0) is 62.4 Å². The molecule has 1 heterocycles. The molecule has 1 atom stereocenters. The van der Waals surface area contributed by atoms with Gasteiger partial charge >= 0.3 is 12.1 Å². The number of alkyl halides is 3. The first-order valence-electron chi connectivity index (χ1n) is 11.1. The Bertz CT molecular complexity index is 1210. The highest BCUT2D eigenvalue weighted by atomic mass is 19.4. The quantitative estimate of drug-likeness (QED) is 0.432. The summed E-state index contributed by atoms with van der Waals surface area (Å²) in [5.74, 6) is -3.09. The van der Waals surface area contributed by atoms with Crippen LogP contribution < -0.4 is 4.90 Å². The molecule has 0 bridgehead atoms. The number of para-hydroxylation sites is 1. The Morgan fingerprint density at radius 2 is 1.74 bits per heavy atom. The van der Waals surface area contributed by atoms with Gasteiger partial charge in [-0.2, -0.15) is 13.2 Å². The summed E-state index contributed by atoms with van der Waals surface area (Å²) in [6.07, 6.45) is -3.10. The lowest BCUT2D eigenvalue weighted by atomic mass is 10.1. The van der Waals surface area contributed by atoms with E-state index in [9.17, 15) is 32.3 Å². The Labute approximate surface area is 199 Å². The van der Waals surface area contributed by atoms with Crippen molar-refractivity contribution < 1.29 is 37.1 Å². The molecule has 0 radical (unpaired) electrons. The van der Waals surface area contributed by atoms with Crippen molar-refractivity contribution in [3.63, 3.8) is 0 Å². The second kappa shape index (κ2) is 9.16. The number of benzene rings is 2. The van der Waals surface area contributed by atoms with Crippen LogP contribution in [0.25, 0.3) is 0 Å². The molecule has 0 saturated heterocycles. The number of amides is 3. The van der Waals surface area contributed by atoms with Crippen LogP contribution in [0.5, 0.6) is 0 Å². The van der Waals surface area contributed by atoms with E-state index < -0.39 is 49.1 Å². The number of nitrogens with zero attached hydrogens (tertiary/aromatic N) is 2. The molecule has 0 N–H and O–H groups in total. The van der Waals surface area contributed by atoms with E-state index in [0.29, 0.717) is 16.2 Å². The minimum absolute atomic E-state index is 0.0000770. The number of halogens is 3. The molecular weight excluding hydrogens is 465 g/mol. The molecular formula is C25H23F3N2O5. The van der Waals surface area contributed by atoms with E-state index in [2.05, 4.69) is 0 Å². The number of esters is 1. The topological polar surface area (TPSA) is 84.0 Å². The summed E-state index contributed by atoms with van der Waals surface area (Å²) in [5, 5.41) is 0. The summed E-state index contributed by atoms with van der Waals surface area (Å²) in [5.41, 5.74) is 1.15. The molecule has 1 unspecified atom stereocenters.